The molecule has 36 heavy (non-hydrogen) atoms. The highest BCUT2D eigenvalue weighted by atomic mass is 32.2. The van der Waals surface area contributed by atoms with Gasteiger partial charge in [0.05, 0.1) is 25.3 Å². The second kappa shape index (κ2) is 11.9. The molecule has 11 heteroatoms. The van der Waals surface area contributed by atoms with E-state index < -0.39 is 20.1 Å². The van der Waals surface area contributed by atoms with Gasteiger partial charge in [0.25, 0.3) is 10.1 Å². The van der Waals surface area contributed by atoms with E-state index in [9.17, 15) is 16.8 Å². The van der Waals surface area contributed by atoms with Crippen molar-refractivity contribution in [2.75, 3.05) is 51.3 Å². The molecule has 0 aromatic heterocycles. The third-order valence-corrected chi connectivity index (χ3v) is 6.99. The van der Waals surface area contributed by atoms with Crippen LogP contribution in [0.1, 0.15) is 41.0 Å². The Hall–Kier alpha value is -2.18. The number of benzene rings is 2. The van der Waals surface area contributed by atoms with Gasteiger partial charge in [-0.1, -0.05) is 24.3 Å². The summed E-state index contributed by atoms with van der Waals surface area (Å²) in [6.07, 6.45) is 7.31. The number of likely N-dealkylation sites (N-methyl/N-ethyl adjacent to an activating group) is 1. The third kappa shape index (κ3) is 8.45. The highest BCUT2D eigenvalue weighted by Crippen LogP contribution is 2.37. The van der Waals surface area contributed by atoms with Gasteiger partial charge in [-0.25, -0.2) is 8.42 Å². The molecule has 0 saturated heterocycles. The summed E-state index contributed by atoms with van der Waals surface area (Å²) in [5.41, 5.74) is 6.33. The first-order valence-electron chi connectivity index (χ1n) is 12.0. The SMILES string of the molecule is COc1cccc2c1CCCC2CN(C)CCc1ccc2c(c1)CCN2NS(C)(=O)=O.CS(=O)(=O)O. The molecule has 4 rings (SSSR count). The first-order chi connectivity index (χ1) is 16.8. The summed E-state index contributed by atoms with van der Waals surface area (Å²) < 4.78 is 54.6. The second-order valence-corrected chi connectivity index (χ2v) is 12.8. The highest BCUT2D eigenvalue weighted by molar-refractivity contribution is 7.88. The minimum atomic E-state index is -3.67. The molecule has 2 aromatic carbocycles. The molecule has 1 unspecified atom stereocenters. The average molecular weight is 540 g/mol. The van der Waals surface area contributed by atoms with Gasteiger partial charge in [-0.2, -0.15) is 8.42 Å². The van der Waals surface area contributed by atoms with Crippen LogP contribution in [0.5, 0.6) is 5.75 Å². The van der Waals surface area contributed by atoms with Crippen LogP contribution in [0.25, 0.3) is 0 Å². The fourth-order valence-corrected chi connectivity index (χ4v) is 5.58. The van der Waals surface area contributed by atoms with E-state index in [1.807, 2.05) is 6.07 Å². The summed E-state index contributed by atoms with van der Waals surface area (Å²) >= 11 is 0. The number of nitrogens with zero attached hydrogens (tertiary/aromatic N) is 2. The lowest BCUT2D eigenvalue weighted by Crippen LogP contribution is -2.40. The van der Waals surface area contributed by atoms with E-state index in [-0.39, 0.29) is 0 Å². The molecule has 0 radical (unpaired) electrons. The Labute approximate surface area is 215 Å². The molecular weight excluding hydrogens is 502 g/mol. The molecule has 0 saturated carbocycles. The van der Waals surface area contributed by atoms with Crippen molar-refractivity contribution < 1.29 is 26.1 Å². The van der Waals surface area contributed by atoms with E-state index in [1.165, 1.54) is 41.4 Å². The number of ether oxygens (including phenoxy) is 1. The fourth-order valence-electron chi connectivity index (χ4n) is 4.99. The predicted octanol–water partition coefficient (Wildman–Crippen LogP) is 2.62. The quantitative estimate of drug-likeness (QED) is 0.492. The van der Waals surface area contributed by atoms with E-state index in [4.69, 9.17) is 9.29 Å². The number of anilines is 1. The van der Waals surface area contributed by atoms with Crippen molar-refractivity contribution in [2.24, 2.45) is 0 Å². The normalized spacial score (nSPS) is 17.3. The van der Waals surface area contributed by atoms with Crippen LogP contribution in [-0.4, -0.2) is 72.6 Å². The molecule has 2 aromatic rings. The molecule has 200 valence electrons. The highest BCUT2D eigenvalue weighted by Gasteiger charge is 2.24. The number of hydrazine groups is 1. The fraction of sp³-hybridized carbons (Fsp3) is 0.520. The maximum Gasteiger partial charge on any atom is 0.261 e. The molecule has 0 fully saturated rings. The number of hydrogen-bond acceptors (Lipinski definition) is 7. The number of methoxy groups -OCH3 is 1. The maximum absolute atomic E-state index is 11.6. The summed E-state index contributed by atoms with van der Waals surface area (Å²) in [7, 11) is -2.96. The van der Waals surface area contributed by atoms with Crippen molar-refractivity contribution >= 4 is 25.8 Å². The largest absolute Gasteiger partial charge is 0.496 e. The lowest BCUT2D eigenvalue weighted by Gasteiger charge is -2.30. The minimum Gasteiger partial charge on any atom is -0.496 e. The molecule has 1 aliphatic heterocycles. The van der Waals surface area contributed by atoms with Gasteiger partial charge in [0.1, 0.15) is 5.75 Å². The molecular formula is C25H37N3O6S2. The lowest BCUT2D eigenvalue weighted by atomic mass is 9.82. The standard InChI is InChI=1S/C24H33N3O3S.CH4O3S/c1-26(17-20-6-4-8-22-21(20)7-5-9-24(22)30-2)14-12-18-10-11-23-19(16-18)13-15-27(23)25-31(3,28)29;1-5(2,3)4/h5,7,9-11,16,20,25H,4,6,8,12-15,17H2,1-3H3;1H3,(H,2,3,4). The van der Waals surface area contributed by atoms with Crippen LogP contribution in [0.4, 0.5) is 5.69 Å². The summed E-state index contributed by atoms with van der Waals surface area (Å²) in [6, 6.07) is 12.9. The Kier molecular flexibility index (Phi) is 9.39. The van der Waals surface area contributed by atoms with Gasteiger partial charge in [0.2, 0.25) is 10.0 Å². The van der Waals surface area contributed by atoms with Crippen molar-refractivity contribution in [3.05, 3.63) is 58.7 Å². The summed E-state index contributed by atoms with van der Waals surface area (Å²) in [4.78, 5) is 5.03. The zero-order valence-electron chi connectivity index (χ0n) is 21.4. The van der Waals surface area contributed by atoms with Crippen LogP contribution in [-0.2, 0) is 39.4 Å². The predicted molar refractivity (Wildman–Crippen MR) is 143 cm³/mol. The monoisotopic (exact) mass is 539 g/mol. The van der Waals surface area contributed by atoms with Crippen molar-refractivity contribution in [3.63, 3.8) is 0 Å². The van der Waals surface area contributed by atoms with E-state index in [2.05, 4.69) is 47.1 Å². The van der Waals surface area contributed by atoms with Crippen LogP contribution in [0.2, 0.25) is 0 Å². The van der Waals surface area contributed by atoms with Gasteiger partial charge in [-0.15, -0.1) is 4.83 Å². The molecule has 1 atom stereocenters. The van der Waals surface area contributed by atoms with Gasteiger partial charge in [0.15, 0.2) is 0 Å². The Balaban J connectivity index is 0.000000658. The van der Waals surface area contributed by atoms with Crippen molar-refractivity contribution in [1.29, 1.82) is 0 Å². The van der Waals surface area contributed by atoms with E-state index in [0.717, 1.165) is 43.8 Å². The molecule has 2 N–H and O–H groups in total. The Bertz CT molecular complexity index is 1260. The van der Waals surface area contributed by atoms with Crippen molar-refractivity contribution in [3.8, 4) is 5.75 Å². The number of rotatable bonds is 8. The third-order valence-electron chi connectivity index (χ3n) is 6.44. The zero-order chi connectivity index (χ0) is 26.5. The first kappa shape index (κ1) is 28.4. The molecule has 0 spiro atoms. The van der Waals surface area contributed by atoms with Crippen LogP contribution >= 0.6 is 0 Å². The molecule has 2 aliphatic rings. The molecule has 0 amide bonds. The van der Waals surface area contributed by atoms with Crippen molar-refractivity contribution in [2.45, 2.75) is 38.0 Å². The van der Waals surface area contributed by atoms with Crippen LogP contribution in [0.3, 0.4) is 0 Å². The lowest BCUT2D eigenvalue weighted by molar-refractivity contribution is 0.299. The van der Waals surface area contributed by atoms with Gasteiger partial charge >= 0.3 is 0 Å². The van der Waals surface area contributed by atoms with Crippen LogP contribution in [0, 0.1) is 0 Å². The van der Waals surface area contributed by atoms with Crippen LogP contribution < -0.4 is 14.6 Å². The molecule has 9 nitrogen and oxygen atoms in total. The Morgan fingerprint density at radius 2 is 1.86 bits per heavy atom. The first-order valence-corrected chi connectivity index (χ1v) is 15.7. The van der Waals surface area contributed by atoms with Crippen LogP contribution in [0.15, 0.2) is 36.4 Å². The number of hydrogen-bond donors (Lipinski definition) is 2. The number of fused-ring (bicyclic) bond motifs is 2. The van der Waals surface area contributed by atoms with E-state index in [0.29, 0.717) is 18.7 Å². The zero-order valence-corrected chi connectivity index (χ0v) is 23.0. The topological polar surface area (TPSA) is 116 Å². The Morgan fingerprint density at radius 3 is 2.53 bits per heavy atom. The van der Waals surface area contributed by atoms with Gasteiger partial charge < -0.3 is 9.64 Å². The molecule has 1 heterocycles. The summed E-state index contributed by atoms with van der Waals surface area (Å²) in [5.74, 6) is 1.59. The van der Waals surface area contributed by atoms with E-state index in [1.54, 1.807) is 12.1 Å². The van der Waals surface area contributed by atoms with Crippen molar-refractivity contribution in [1.82, 2.24) is 9.73 Å². The van der Waals surface area contributed by atoms with E-state index >= 15 is 0 Å². The average Bonchev–Trinajstić information content (AvgIpc) is 3.17. The smallest absolute Gasteiger partial charge is 0.261 e. The maximum atomic E-state index is 11.6. The summed E-state index contributed by atoms with van der Waals surface area (Å²) in [5, 5.41) is 1.73. The second-order valence-electron chi connectivity index (χ2n) is 9.59. The summed E-state index contributed by atoms with van der Waals surface area (Å²) in [6.45, 7) is 2.73. The number of sulfonamides is 1. The van der Waals surface area contributed by atoms with Gasteiger partial charge in [-0.3, -0.25) is 9.56 Å². The Morgan fingerprint density at radius 1 is 1.14 bits per heavy atom. The van der Waals surface area contributed by atoms with Gasteiger partial charge in [0, 0.05) is 19.6 Å². The minimum absolute atomic E-state index is 0.555. The molecule has 0 bridgehead atoms. The number of nitrogens with one attached hydrogen (secondary N) is 1. The van der Waals surface area contributed by atoms with Gasteiger partial charge in [-0.05, 0) is 79.5 Å². The molecule has 1 aliphatic carbocycles.